The van der Waals surface area contributed by atoms with Crippen molar-refractivity contribution in [3.05, 3.63) is 95.6 Å². The lowest BCUT2D eigenvalue weighted by molar-refractivity contribution is 0.101. The number of carbonyl (C=O) groups excluding carboxylic acids is 1. The van der Waals surface area contributed by atoms with E-state index >= 15 is 0 Å². The second kappa shape index (κ2) is 8.79. The number of rotatable bonds is 7. The molecule has 0 radical (unpaired) electrons. The smallest absolute Gasteiger partial charge is 0.164 e. The minimum atomic E-state index is -0.329. The number of phenolic OH excluding ortho intramolecular Hbond substituents is 2. The summed E-state index contributed by atoms with van der Waals surface area (Å²) in [5.41, 5.74) is 2.04. The van der Waals surface area contributed by atoms with Gasteiger partial charge in [0.25, 0.3) is 0 Å². The van der Waals surface area contributed by atoms with Crippen LogP contribution in [0.3, 0.4) is 0 Å². The van der Waals surface area contributed by atoms with Crippen molar-refractivity contribution in [2.45, 2.75) is 20.1 Å². The van der Waals surface area contributed by atoms with E-state index in [1.807, 2.05) is 60.7 Å². The fraction of sp³-hybridized carbons (Fsp3) is 0.115. The summed E-state index contributed by atoms with van der Waals surface area (Å²) in [6.07, 6.45) is 0. The molecule has 2 N–H and O–H groups in total. The highest BCUT2D eigenvalue weighted by molar-refractivity contribution is 6.13. The molecule has 0 heterocycles. The number of ether oxygens (including phenoxy) is 2. The second-order valence-corrected chi connectivity index (χ2v) is 7.24. The summed E-state index contributed by atoms with van der Waals surface area (Å²) in [4.78, 5) is 12.3. The van der Waals surface area contributed by atoms with E-state index in [2.05, 4.69) is 0 Å². The summed E-state index contributed by atoms with van der Waals surface area (Å²) in [6.45, 7) is 1.96. The molecule has 0 amide bonds. The highest BCUT2D eigenvalue weighted by Gasteiger charge is 2.20. The summed E-state index contributed by atoms with van der Waals surface area (Å²) < 4.78 is 12.0. The Kier molecular flexibility index (Phi) is 5.76. The number of aromatic hydroxyl groups is 2. The number of benzene rings is 4. The Hall–Kier alpha value is -3.99. The van der Waals surface area contributed by atoms with Gasteiger partial charge in [0.15, 0.2) is 5.78 Å². The van der Waals surface area contributed by atoms with Gasteiger partial charge in [0, 0.05) is 22.9 Å². The quantitative estimate of drug-likeness (QED) is 0.384. The zero-order valence-electron chi connectivity index (χ0n) is 17.0. The first-order chi connectivity index (χ1) is 15.0. The molecule has 0 fully saturated rings. The summed E-state index contributed by atoms with van der Waals surface area (Å²) in [5, 5.41) is 21.5. The molecule has 4 rings (SSSR count). The first kappa shape index (κ1) is 20.3. The Bertz CT molecular complexity index is 1220. The molecule has 31 heavy (non-hydrogen) atoms. The van der Waals surface area contributed by atoms with Crippen LogP contribution in [-0.2, 0) is 13.2 Å². The van der Waals surface area contributed by atoms with Crippen molar-refractivity contribution < 1.29 is 24.5 Å². The topological polar surface area (TPSA) is 76.0 Å². The number of hydrogen-bond donors (Lipinski definition) is 2. The molecule has 0 aliphatic heterocycles. The van der Waals surface area contributed by atoms with Crippen LogP contribution in [0.15, 0.2) is 78.9 Å². The van der Waals surface area contributed by atoms with Crippen LogP contribution in [-0.4, -0.2) is 16.0 Å². The van der Waals surface area contributed by atoms with Gasteiger partial charge in [-0.3, -0.25) is 4.79 Å². The summed E-state index contributed by atoms with van der Waals surface area (Å²) in [7, 11) is 0. The van der Waals surface area contributed by atoms with Gasteiger partial charge in [0.05, 0.1) is 5.56 Å². The third-order valence-electron chi connectivity index (χ3n) is 4.97. The van der Waals surface area contributed by atoms with Crippen LogP contribution in [0.4, 0.5) is 0 Å². The first-order valence-electron chi connectivity index (χ1n) is 9.90. The Morgan fingerprint density at radius 3 is 1.94 bits per heavy atom. The minimum Gasteiger partial charge on any atom is -0.507 e. The molecule has 4 aromatic carbocycles. The molecular weight excluding hydrogens is 392 g/mol. The predicted molar refractivity (Wildman–Crippen MR) is 119 cm³/mol. The molecule has 0 saturated carbocycles. The number of Topliss-reactive ketones (excluding diaryl/α,β-unsaturated/α-hetero) is 1. The van der Waals surface area contributed by atoms with E-state index in [-0.39, 0.29) is 29.5 Å². The van der Waals surface area contributed by atoms with Crippen molar-refractivity contribution in [3.63, 3.8) is 0 Å². The molecule has 0 bridgehead atoms. The first-order valence-corrected chi connectivity index (χ1v) is 9.90. The molecule has 4 aromatic rings. The van der Waals surface area contributed by atoms with Gasteiger partial charge in [-0.1, -0.05) is 60.7 Å². The Balaban J connectivity index is 1.78. The van der Waals surface area contributed by atoms with Gasteiger partial charge < -0.3 is 19.7 Å². The molecular formula is C26H22O5. The van der Waals surface area contributed by atoms with Crippen LogP contribution in [0, 0.1) is 0 Å². The molecule has 5 heteroatoms. The largest absolute Gasteiger partial charge is 0.507 e. The van der Waals surface area contributed by atoms with Crippen molar-refractivity contribution in [2.24, 2.45) is 0 Å². The Morgan fingerprint density at radius 1 is 0.774 bits per heavy atom. The molecule has 0 aliphatic rings. The fourth-order valence-corrected chi connectivity index (χ4v) is 3.49. The third kappa shape index (κ3) is 4.46. The van der Waals surface area contributed by atoms with Crippen LogP contribution in [0.2, 0.25) is 0 Å². The highest BCUT2D eigenvalue weighted by Crippen LogP contribution is 2.42. The van der Waals surface area contributed by atoms with Gasteiger partial charge in [-0.05, 0) is 24.1 Å². The van der Waals surface area contributed by atoms with Gasteiger partial charge in [-0.2, -0.15) is 0 Å². The van der Waals surface area contributed by atoms with Crippen molar-refractivity contribution in [3.8, 4) is 23.0 Å². The second-order valence-electron chi connectivity index (χ2n) is 7.24. The molecule has 156 valence electrons. The number of hydrogen-bond acceptors (Lipinski definition) is 5. The van der Waals surface area contributed by atoms with E-state index in [9.17, 15) is 15.0 Å². The molecule has 0 aromatic heterocycles. The summed E-state index contributed by atoms with van der Waals surface area (Å²) in [5.74, 6) is 0.0490. The lowest BCUT2D eigenvalue weighted by atomic mass is 9.98. The highest BCUT2D eigenvalue weighted by atomic mass is 16.5. The zero-order chi connectivity index (χ0) is 21.8. The van der Waals surface area contributed by atoms with Gasteiger partial charge in [0.1, 0.15) is 36.2 Å². The normalized spacial score (nSPS) is 10.7. The minimum absolute atomic E-state index is 0.102. The summed E-state index contributed by atoms with van der Waals surface area (Å²) >= 11 is 0. The van der Waals surface area contributed by atoms with E-state index < -0.39 is 0 Å². The molecule has 0 aliphatic carbocycles. The van der Waals surface area contributed by atoms with E-state index in [0.29, 0.717) is 28.9 Å². The Labute approximate surface area is 180 Å². The van der Waals surface area contributed by atoms with Crippen LogP contribution in [0.1, 0.15) is 28.4 Å². The van der Waals surface area contributed by atoms with E-state index in [0.717, 1.165) is 11.1 Å². The lowest BCUT2D eigenvalue weighted by Crippen LogP contribution is -2.02. The van der Waals surface area contributed by atoms with E-state index in [1.54, 1.807) is 12.1 Å². The number of ketones is 1. The molecule has 0 atom stereocenters. The molecule has 0 unspecified atom stereocenters. The maximum absolute atomic E-state index is 12.3. The van der Waals surface area contributed by atoms with Crippen LogP contribution in [0.5, 0.6) is 23.0 Å². The van der Waals surface area contributed by atoms with Crippen molar-refractivity contribution >= 4 is 16.6 Å². The predicted octanol–water partition coefficient (Wildman–Crippen LogP) is 5.61. The van der Waals surface area contributed by atoms with Gasteiger partial charge in [-0.25, -0.2) is 0 Å². The van der Waals surface area contributed by atoms with Gasteiger partial charge in [0.2, 0.25) is 0 Å². The van der Waals surface area contributed by atoms with Gasteiger partial charge >= 0.3 is 0 Å². The van der Waals surface area contributed by atoms with E-state index in [1.165, 1.54) is 13.0 Å². The van der Waals surface area contributed by atoms with Crippen LogP contribution in [0.25, 0.3) is 10.8 Å². The SMILES string of the molecule is CC(=O)c1c(O)cc(O)c2cc(OCc3ccccc3)cc(OCc3ccccc3)c12. The standard InChI is InChI=1S/C26H22O5/c1-17(27)25-23(29)14-22(28)21-12-20(30-15-18-8-4-2-5-9-18)13-24(26(21)25)31-16-19-10-6-3-7-11-19/h2-14,28-29H,15-16H2,1H3. The van der Waals surface area contributed by atoms with Crippen molar-refractivity contribution in [1.29, 1.82) is 0 Å². The number of carbonyl (C=O) groups is 1. The molecule has 0 spiro atoms. The van der Waals surface area contributed by atoms with Gasteiger partial charge in [-0.15, -0.1) is 0 Å². The average molecular weight is 414 g/mol. The summed E-state index contributed by atoms with van der Waals surface area (Å²) in [6, 6.07) is 23.8. The zero-order valence-corrected chi connectivity index (χ0v) is 17.0. The van der Waals surface area contributed by atoms with Crippen LogP contribution >= 0.6 is 0 Å². The van der Waals surface area contributed by atoms with Crippen molar-refractivity contribution in [2.75, 3.05) is 0 Å². The molecule has 0 saturated heterocycles. The van der Waals surface area contributed by atoms with Crippen LogP contribution < -0.4 is 9.47 Å². The third-order valence-corrected chi connectivity index (χ3v) is 4.97. The van der Waals surface area contributed by atoms with Crippen molar-refractivity contribution in [1.82, 2.24) is 0 Å². The average Bonchev–Trinajstić information content (AvgIpc) is 2.77. The lowest BCUT2D eigenvalue weighted by Gasteiger charge is -2.16. The number of phenols is 2. The monoisotopic (exact) mass is 414 g/mol. The van der Waals surface area contributed by atoms with E-state index in [4.69, 9.17) is 9.47 Å². The number of fused-ring (bicyclic) bond motifs is 1. The Morgan fingerprint density at radius 2 is 1.35 bits per heavy atom. The maximum Gasteiger partial charge on any atom is 0.164 e. The fourth-order valence-electron chi connectivity index (χ4n) is 3.49. The molecule has 5 nitrogen and oxygen atoms in total. The maximum atomic E-state index is 12.3.